The molecule has 2 N–H and O–H groups in total. The lowest BCUT2D eigenvalue weighted by atomic mass is 9.93. The number of halogens is 1. The van der Waals surface area contributed by atoms with Crippen LogP contribution < -0.4 is 10.6 Å². The minimum absolute atomic E-state index is 0.0426. The summed E-state index contributed by atoms with van der Waals surface area (Å²) < 4.78 is 1.09. The van der Waals surface area contributed by atoms with E-state index in [0.717, 1.165) is 23.0 Å². The van der Waals surface area contributed by atoms with Gasteiger partial charge in [0.1, 0.15) is 0 Å². The lowest BCUT2D eigenvalue weighted by Gasteiger charge is -2.35. The van der Waals surface area contributed by atoms with Gasteiger partial charge in [-0.1, -0.05) is 47.1 Å². The molecule has 1 aliphatic heterocycles. The third-order valence-corrected chi connectivity index (χ3v) is 4.82. The Bertz CT molecular complexity index is 651. The molecule has 2 atom stereocenters. The third-order valence-electron chi connectivity index (χ3n) is 4.13. The van der Waals surface area contributed by atoms with Crippen LogP contribution in [0, 0.1) is 5.92 Å². The van der Waals surface area contributed by atoms with Crippen molar-refractivity contribution in [3.63, 3.8) is 0 Å². The standard InChI is InChI=1S/C18H21BrN2/c1-12-9-14-5-3-4-6-18(14)21(11-12)15-7-8-16(13(2)20)17(19)10-15/h3-8,10,12-13H,9,11,20H2,1-2H3/t12?,13-/m1/s1. The Morgan fingerprint density at radius 1 is 1.24 bits per heavy atom. The van der Waals surface area contributed by atoms with Crippen LogP contribution >= 0.6 is 15.9 Å². The minimum atomic E-state index is 0.0426. The highest BCUT2D eigenvalue weighted by Gasteiger charge is 2.23. The van der Waals surface area contributed by atoms with Crippen molar-refractivity contribution in [2.24, 2.45) is 11.7 Å². The summed E-state index contributed by atoms with van der Waals surface area (Å²) in [4.78, 5) is 2.42. The zero-order chi connectivity index (χ0) is 15.0. The molecule has 2 aromatic rings. The maximum Gasteiger partial charge on any atom is 0.0443 e. The van der Waals surface area contributed by atoms with Crippen LogP contribution in [0.4, 0.5) is 11.4 Å². The van der Waals surface area contributed by atoms with Crippen molar-refractivity contribution in [3.05, 3.63) is 58.1 Å². The molecule has 0 saturated carbocycles. The molecular weight excluding hydrogens is 324 g/mol. The molecule has 0 aromatic heterocycles. The summed E-state index contributed by atoms with van der Waals surface area (Å²) in [6, 6.07) is 15.2. The van der Waals surface area contributed by atoms with Crippen molar-refractivity contribution in [2.45, 2.75) is 26.3 Å². The van der Waals surface area contributed by atoms with Crippen molar-refractivity contribution in [3.8, 4) is 0 Å². The van der Waals surface area contributed by atoms with Gasteiger partial charge in [0.2, 0.25) is 0 Å². The number of nitrogens with two attached hydrogens (primary N) is 1. The molecule has 0 spiro atoms. The van der Waals surface area contributed by atoms with Gasteiger partial charge in [0.05, 0.1) is 0 Å². The largest absolute Gasteiger partial charge is 0.341 e. The van der Waals surface area contributed by atoms with E-state index in [1.807, 2.05) is 6.92 Å². The Kier molecular flexibility index (Phi) is 4.05. The number of hydrogen-bond acceptors (Lipinski definition) is 2. The molecule has 0 bridgehead atoms. The Labute approximate surface area is 135 Å². The van der Waals surface area contributed by atoms with E-state index in [-0.39, 0.29) is 6.04 Å². The molecule has 21 heavy (non-hydrogen) atoms. The Hall–Kier alpha value is -1.32. The Morgan fingerprint density at radius 2 is 2.00 bits per heavy atom. The molecule has 3 rings (SSSR count). The van der Waals surface area contributed by atoms with Crippen LogP contribution in [0.25, 0.3) is 0 Å². The molecule has 0 saturated heterocycles. The number of para-hydroxylation sites is 1. The SMILES string of the molecule is CC1Cc2ccccc2N(c2ccc([C@@H](C)N)c(Br)c2)C1. The van der Waals surface area contributed by atoms with Crippen LogP contribution in [0.3, 0.4) is 0 Å². The van der Waals surface area contributed by atoms with E-state index in [1.165, 1.54) is 16.9 Å². The van der Waals surface area contributed by atoms with Gasteiger partial charge < -0.3 is 10.6 Å². The number of rotatable bonds is 2. The minimum Gasteiger partial charge on any atom is -0.341 e. The predicted molar refractivity (Wildman–Crippen MR) is 93.1 cm³/mol. The van der Waals surface area contributed by atoms with Gasteiger partial charge >= 0.3 is 0 Å². The van der Waals surface area contributed by atoms with Gasteiger partial charge in [0.25, 0.3) is 0 Å². The second kappa shape index (κ2) is 5.82. The smallest absolute Gasteiger partial charge is 0.0443 e. The third kappa shape index (κ3) is 2.85. The van der Waals surface area contributed by atoms with Crippen molar-refractivity contribution in [2.75, 3.05) is 11.4 Å². The predicted octanol–water partition coefficient (Wildman–Crippen LogP) is 4.80. The molecule has 1 heterocycles. The van der Waals surface area contributed by atoms with Crippen LogP contribution in [0.5, 0.6) is 0 Å². The summed E-state index contributed by atoms with van der Waals surface area (Å²) in [5, 5.41) is 0. The van der Waals surface area contributed by atoms with E-state index in [1.54, 1.807) is 0 Å². The van der Waals surface area contributed by atoms with E-state index in [0.29, 0.717) is 5.92 Å². The zero-order valence-corrected chi connectivity index (χ0v) is 14.1. The van der Waals surface area contributed by atoms with Gasteiger partial charge in [0.15, 0.2) is 0 Å². The van der Waals surface area contributed by atoms with Crippen LogP contribution in [0.2, 0.25) is 0 Å². The highest BCUT2D eigenvalue weighted by atomic mass is 79.9. The lowest BCUT2D eigenvalue weighted by molar-refractivity contribution is 0.562. The molecule has 3 heteroatoms. The topological polar surface area (TPSA) is 29.3 Å². The number of nitrogens with zero attached hydrogens (tertiary/aromatic N) is 1. The quantitative estimate of drug-likeness (QED) is 0.847. The molecular formula is C18H21BrN2. The fourth-order valence-corrected chi connectivity index (χ4v) is 3.82. The summed E-state index contributed by atoms with van der Waals surface area (Å²) in [7, 11) is 0. The number of anilines is 2. The van der Waals surface area contributed by atoms with E-state index in [9.17, 15) is 0 Å². The van der Waals surface area contributed by atoms with Crippen molar-refractivity contribution < 1.29 is 0 Å². The van der Waals surface area contributed by atoms with Gasteiger partial charge in [-0.15, -0.1) is 0 Å². The molecule has 0 aliphatic carbocycles. The fourth-order valence-electron chi connectivity index (χ4n) is 3.09. The van der Waals surface area contributed by atoms with Gasteiger partial charge in [-0.05, 0) is 48.6 Å². The number of benzene rings is 2. The van der Waals surface area contributed by atoms with Crippen LogP contribution in [0.15, 0.2) is 46.9 Å². The maximum absolute atomic E-state index is 6.00. The lowest BCUT2D eigenvalue weighted by Crippen LogP contribution is -2.30. The van der Waals surface area contributed by atoms with Crippen LogP contribution in [0.1, 0.15) is 31.0 Å². The first kappa shape index (κ1) is 14.6. The molecule has 0 amide bonds. The first-order valence-corrected chi connectivity index (χ1v) is 8.26. The van der Waals surface area contributed by atoms with E-state index < -0.39 is 0 Å². The summed E-state index contributed by atoms with van der Waals surface area (Å²) in [5.41, 5.74) is 11.1. The van der Waals surface area contributed by atoms with Gasteiger partial charge in [-0.2, -0.15) is 0 Å². The molecule has 2 aromatic carbocycles. The highest BCUT2D eigenvalue weighted by Crippen LogP contribution is 2.37. The fraction of sp³-hybridized carbons (Fsp3) is 0.333. The zero-order valence-electron chi connectivity index (χ0n) is 12.5. The molecule has 2 nitrogen and oxygen atoms in total. The highest BCUT2D eigenvalue weighted by molar-refractivity contribution is 9.10. The molecule has 0 fully saturated rings. The maximum atomic E-state index is 6.00. The van der Waals surface area contributed by atoms with Crippen molar-refractivity contribution in [1.82, 2.24) is 0 Å². The van der Waals surface area contributed by atoms with Crippen LogP contribution in [-0.4, -0.2) is 6.54 Å². The molecule has 110 valence electrons. The van der Waals surface area contributed by atoms with Gasteiger partial charge in [-0.25, -0.2) is 0 Å². The molecule has 1 aliphatic rings. The summed E-state index contributed by atoms with van der Waals surface area (Å²) in [6.45, 7) is 5.38. The van der Waals surface area contributed by atoms with Crippen LogP contribution in [-0.2, 0) is 6.42 Å². The molecule has 1 unspecified atom stereocenters. The van der Waals surface area contributed by atoms with Crippen molar-refractivity contribution >= 4 is 27.3 Å². The average Bonchev–Trinajstić information content (AvgIpc) is 2.45. The summed E-state index contributed by atoms with van der Waals surface area (Å²) in [5.74, 6) is 0.659. The van der Waals surface area contributed by atoms with E-state index in [2.05, 4.69) is 70.2 Å². The number of fused-ring (bicyclic) bond motifs is 1. The normalized spacial score (nSPS) is 19.2. The first-order chi connectivity index (χ1) is 10.1. The second-order valence-corrected chi connectivity index (χ2v) is 6.90. The van der Waals surface area contributed by atoms with Gasteiger partial charge in [0, 0.05) is 28.4 Å². The first-order valence-electron chi connectivity index (χ1n) is 7.46. The monoisotopic (exact) mass is 344 g/mol. The Balaban J connectivity index is 2.03. The number of hydrogen-bond donors (Lipinski definition) is 1. The Morgan fingerprint density at radius 3 is 2.71 bits per heavy atom. The summed E-state index contributed by atoms with van der Waals surface area (Å²) in [6.07, 6.45) is 1.16. The van der Waals surface area contributed by atoms with E-state index in [4.69, 9.17) is 5.73 Å². The summed E-state index contributed by atoms with van der Waals surface area (Å²) >= 11 is 3.66. The van der Waals surface area contributed by atoms with Crippen molar-refractivity contribution in [1.29, 1.82) is 0 Å². The molecule has 0 radical (unpaired) electrons. The second-order valence-electron chi connectivity index (χ2n) is 6.04. The average molecular weight is 345 g/mol. The van der Waals surface area contributed by atoms with Gasteiger partial charge in [-0.3, -0.25) is 0 Å². The van der Waals surface area contributed by atoms with E-state index >= 15 is 0 Å².